The molecule has 21 heavy (non-hydrogen) atoms. The zero-order valence-corrected chi connectivity index (χ0v) is 12.1. The summed E-state index contributed by atoms with van der Waals surface area (Å²) in [4.78, 5) is 12.2. The number of rotatable bonds is 6. The van der Waals surface area contributed by atoms with Gasteiger partial charge in [-0.25, -0.2) is 0 Å². The molecule has 2 aromatic carbocycles. The fraction of sp³-hybridized carbons (Fsp3) is 0.235. The Kier molecular flexibility index (Phi) is 5.35. The van der Waals surface area contributed by atoms with E-state index in [1.165, 1.54) is 0 Å². The molecule has 0 aliphatic carbocycles. The van der Waals surface area contributed by atoms with Crippen LogP contribution in [0.15, 0.2) is 48.5 Å². The van der Waals surface area contributed by atoms with E-state index in [1.807, 2.05) is 43.3 Å². The fourth-order valence-electron chi connectivity index (χ4n) is 1.87. The molecule has 0 atom stereocenters. The molecule has 4 nitrogen and oxygen atoms in total. The van der Waals surface area contributed by atoms with Crippen molar-refractivity contribution in [3.05, 3.63) is 59.7 Å². The minimum absolute atomic E-state index is 0.155. The van der Waals surface area contributed by atoms with Crippen LogP contribution in [0.3, 0.4) is 0 Å². The SMILES string of the molecule is CCCOc1cccc(C(=O)Nc2ccc(CN)cc2)c1. The summed E-state index contributed by atoms with van der Waals surface area (Å²) >= 11 is 0. The van der Waals surface area contributed by atoms with Crippen LogP contribution in [0.1, 0.15) is 29.3 Å². The van der Waals surface area contributed by atoms with E-state index in [-0.39, 0.29) is 5.91 Å². The number of hydrogen-bond acceptors (Lipinski definition) is 3. The number of carbonyl (C=O) groups excluding carboxylic acids is 1. The van der Waals surface area contributed by atoms with Crippen molar-refractivity contribution in [1.29, 1.82) is 0 Å². The van der Waals surface area contributed by atoms with Crippen LogP contribution in [0.25, 0.3) is 0 Å². The highest BCUT2D eigenvalue weighted by molar-refractivity contribution is 6.04. The molecule has 1 amide bonds. The number of nitrogens with two attached hydrogens (primary N) is 1. The number of carbonyl (C=O) groups is 1. The van der Waals surface area contributed by atoms with E-state index >= 15 is 0 Å². The van der Waals surface area contributed by atoms with E-state index < -0.39 is 0 Å². The van der Waals surface area contributed by atoms with Gasteiger partial charge in [-0.3, -0.25) is 4.79 Å². The zero-order chi connectivity index (χ0) is 15.1. The maximum atomic E-state index is 12.2. The van der Waals surface area contributed by atoms with Crippen LogP contribution < -0.4 is 15.8 Å². The Hall–Kier alpha value is -2.33. The Labute approximate surface area is 124 Å². The molecule has 0 aromatic heterocycles. The van der Waals surface area contributed by atoms with Gasteiger partial charge in [0, 0.05) is 17.8 Å². The molecule has 0 unspecified atom stereocenters. The van der Waals surface area contributed by atoms with Crippen LogP contribution in [0.2, 0.25) is 0 Å². The van der Waals surface area contributed by atoms with Gasteiger partial charge in [-0.05, 0) is 42.3 Å². The lowest BCUT2D eigenvalue weighted by molar-refractivity contribution is 0.102. The van der Waals surface area contributed by atoms with Crippen molar-refractivity contribution in [3.8, 4) is 5.75 Å². The Morgan fingerprint density at radius 2 is 1.95 bits per heavy atom. The van der Waals surface area contributed by atoms with Crippen molar-refractivity contribution in [2.45, 2.75) is 19.9 Å². The van der Waals surface area contributed by atoms with E-state index in [2.05, 4.69) is 5.32 Å². The van der Waals surface area contributed by atoms with Crippen LogP contribution in [-0.4, -0.2) is 12.5 Å². The minimum Gasteiger partial charge on any atom is -0.494 e. The molecule has 0 heterocycles. The lowest BCUT2D eigenvalue weighted by Crippen LogP contribution is -2.12. The molecule has 0 aliphatic heterocycles. The highest BCUT2D eigenvalue weighted by Crippen LogP contribution is 2.16. The molecule has 0 aliphatic rings. The van der Waals surface area contributed by atoms with E-state index in [0.29, 0.717) is 24.5 Å². The first-order valence-corrected chi connectivity index (χ1v) is 7.06. The molecular formula is C17H20N2O2. The lowest BCUT2D eigenvalue weighted by Gasteiger charge is -2.08. The highest BCUT2D eigenvalue weighted by atomic mass is 16.5. The number of hydrogen-bond donors (Lipinski definition) is 2. The minimum atomic E-state index is -0.155. The second-order valence-corrected chi connectivity index (χ2v) is 4.73. The number of amides is 1. The summed E-state index contributed by atoms with van der Waals surface area (Å²) in [6.45, 7) is 3.18. The van der Waals surface area contributed by atoms with Crippen LogP contribution in [0.4, 0.5) is 5.69 Å². The summed E-state index contributed by atoms with van der Waals surface area (Å²) in [6.07, 6.45) is 0.934. The zero-order valence-electron chi connectivity index (χ0n) is 12.1. The molecule has 0 bridgehead atoms. The van der Waals surface area contributed by atoms with E-state index in [1.54, 1.807) is 12.1 Å². The Morgan fingerprint density at radius 3 is 2.62 bits per heavy atom. The first kappa shape index (κ1) is 15.1. The van der Waals surface area contributed by atoms with Gasteiger partial charge in [-0.15, -0.1) is 0 Å². The van der Waals surface area contributed by atoms with Gasteiger partial charge in [0.05, 0.1) is 6.61 Å². The molecule has 2 rings (SSSR count). The van der Waals surface area contributed by atoms with Crippen LogP contribution >= 0.6 is 0 Å². The third-order valence-electron chi connectivity index (χ3n) is 3.02. The molecule has 4 heteroatoms. The summed E-state index contributed by atoms with van der Waals surface area (Å²) in [5.41, 5.74) is 7.90. The van der Waals surface area contributed by atoms with Gasteiger partial charge >= 0.3 is 0 Å². The molecule has 0 saturated heterocycles. The maximum absolute atomic E-state index is 12.2. The molecule has 0 saturated carbocycles. The van der Waals surface area contributed by atoms with Crippen molar-refractivity contribution >= 4 is 11.6 Å². The van der Waals surface area contributed by atoms with Crippen LogP contribution in [0.5, 0.6) is 5.75 Å². The monoisotopic (exact) mass is 284 g/mol. The van der Waals surface area contributed by atoms with E-state index in [9.17, 15) is 4.79 Å². The second kappa shape index (κ2) is 7.45. The van der Waals surface area contributed by atoms with Gasteiger partial charge in [0.15, 0.2) is 0 Å². The molecule has 3 N–H and O–H groups in total. The average molecular weight is 284 g/mol. The Morgan fingerprint density at radius 1 is 1.19 bits per heavy atom. The van der Waals surface area contributed by atoms with Crippen LogP contribution in [0, 0.1) is 0 Å². The summed E-state index contributed by atoms with van der Waals surface area (Å²) in [5, 5.41) is 2.86. The summed E-state index contributed by atoms with van der Waals surface area (Å²) in [6, 6.07) is 14.7. The predicted molar refractivity (Wildman–Crippen MR) is 84.5 cm³/mol. The van der Waals surface area contributed by atoms with Crippen molar-refractivity contribution in [3.63, 3.8) is 0 Å². The lowest BCUT2D eigenvalue weighted by atomic mass is 10.1. The molecule has 0 radical (unpaired) electrons. The average Bonchev–Trinajstić information content (AvgIpc) is 2.54. The van der Waals surface area contributed by atoms with E-state index in [0.717, 1.165) is 17.7 Å². The Bertz CT molecular complexity index is 594. The number of nitrogens with one attached hydrogen (secondary N) is 1. The van der Waals surface area contributed by atoms with Gasteiger partial charge in [-0.2, -0.15) is 0 Å². The normalized spacial score (nSPS) is 10.2. The van der Waals surface area contributed by atoms with Gasteiger partial charge in [-0.1, -0.05) is 25.1 Å². The first-order valence-electron chi connectivity index (χ1n) is 7.06. The molecular weight excluding hydrogens is 264 g/mol. The quantitative estimate of drug-likeness (QED) is 0.856. The third kappa shape index (κ3) is 4.33. The predicted octanol–water partition coefficient (Wildman–Crippen LogP) is 3.19. The maximum Gasteiger partial charge on any atom is 0.255 e. The van der Waals surface area contributed by atoms with Crippen molar-refractivity contribution in [2.75, 3.05) is 11.9 Å². The summed E-state index contributed by atoms with van der Waals surface area (Å²) < 4.78 is 5.53. The number of ether oxygens (including phenoxy) is 1. The highest BCUT2D eigenvalue weighted by Gasteiger charge is 2.07. The van der Waals surface area contributed by atoms with Gasteiger partial charge in [0.1, 0.15) is 5.75 Å². The van der Waals surface area contributed by atoms with Crippen LogP contribution in [-0.2, 0) is 6.54 Å². The number of anilines is 1. The first-order chi connectivity index (χ1) is 10.2. The van der Waals surface area contributed by atoms with Crippen molar-refractivity contribution in [2.24, 2.45) is 5.73 Å². The van der Waals surface area contributed by atoms with Gasteiger partial charge in [0.2, 0.25) is 0 Å². The summed E-state index contributed by atoms with van der Waals surface area (Å²) in [7, 11) is 0. The smallest absolute Gasteiger partial charge is 0.255 e. The Balaban J connectivity index is 2.05. The molecule has 110 valence electrons. The van der Waals surface area contributed by atoms with Crippen molar-refractivity contribution in [1.82, 2.24) is 0 Å². The third-order valence-corrected chi connectivity index (χ3v) is 3.02. The number of benzene rings is 2. The standard InChI is InChI=1S/C17H20N2O2/c1-2-10-21-16-5-3-4-14(11-16)17(20)19-15-8-6-13(12-18)7-9-15/h3-9,11H,2,10,12,18H2,1H3,(H,19,20). The van der Waals surface area contributed by atoms with E-state index in [4.69, 9.17) is 10.5 Å². The van der Waals surface area contributed by atoms with Crippen molar-refractivity contribution < 1.29 is 9.53 Å². The fourth-order valence-corrected chi connectivity index (χ4v) is 1.87. The molecule has 2 aromatic rings. The van der Waals surface area contributed by atoms with Gasteiger partial charge < -0.3 is 15.8 Å². The molecule has 0 spiro atoms. The topological polar surface area (TPSA) is 64.3 Å². The second-order valence-electron chi connectivity index (χ2n) is 4.73. The van der Waals surface area contributed by atoms with Gasteiger partial charge in [0.25, 0.3) is 5.91 Å². The largest absolute Gasteiger partial charge is 0.494 e. The summed E-state index contributed by atoms with van der Waals surface area (Å²) in [5.74, 6) is 0.556. The molecule has 0 fully saturated rings.